The zero-order chi connectivity index (χ0) is 17.7. The first-order chi connectivity index (χ1) is 11.4. The standard InChI is InChI=1S/C19H23FN2O2/c1-13-8-9-18(24-4)17(10-13)21-14(2)19(23)22(3)12-15-6-5-7-16(20)11-15/h5-11,14,21H,12H2,1-4H3. The molecule has 0 aliphatic carbocycles. The van der Waals surface area contributed by atoms with Gasteiger partial charge in [0.15, 0.2) is 0 Å². The van der Waals surface area contributed by atoms with Crippen molar-refractivity contribution < 1.29 is 13.9 Å². The van der Waals surface area contributed by atoms with Crippen molar-refractivity contribution in [2.75, 3.05) is 19.5 Å². The first-order valence-corrected chi connectivity index (χ1v) is 7.81. The molecule has 1 atom stereocenters. The predicted octanol–water partition coefficient (Wildman–Crippen LogP) is 3.60. The summed E-state index contributed by atoms with van der Waals surface area (Å²) in [6.45, 7) is 4.13. The maximum atomic E-state index is 13.3. The summed E-state index contributed by atoms with van der Waals surface area (Å²) in [6.07, 6.45) is 0. The van der Waals surface area contributed by atoms with Gasteiger partial charge in [-0.25, -0.2) is 4.39 Å². The molecule has 0 heterocycles. The number of rotatable bonds is 6. The molecular formula is C19H23FN2O2. The van der Waals surface area contributed by atoms with Gasteiger partial charge >= 0.3 is 0 Å². The minimum atomic E-state index is -0.431. The van der Waals surface area contributed by atoms with Crippen molar-refractivity contribution in [2.24, 2.45) is 0 Å². The van der Waals surface area contributed by atoms with Crippen LogP contribution in [0.1, 0.15) is 18.1 Å². The quantitative estimate of drug-likeness (QED) is 0.880. The molecule has 0 fully saturated rings. The maximum Gasteiger partial charge on any atom is 0.244 e. The summed E-state index contributed by atoms with van der Waals surface area (Å²) in [5.41, 5.74) is 2.61. The topological polar surface area (TPSA) is 41.6 Å². The zero-order valence-electron chi connectivity index (χ0n) is 14.5. The van der Waals surface area contributed by atoms with Crippen LogP contribution in [0.3, 0.4) is 0 Å². The number of likely N-dealkylation sites (N-methyl/N-ethyl adjacent to an activating group) is 1. The number of nitrogens with one attached hydrogen (secondary N) is 1. The molecule has 2 aromatic carbocycles. The molecule has 2 aromatic rings. The van der Waals surface area contributed by atoms with E-state index in [0.29, 0.717) is 12.3 Å². The van der Waals surface area contributed by atoms with Crippen LogP contribution in [0, 0.1) is 12.7 Å². The number of hydrogen-bond donors (Lipinski definition) is 1. The first kappa shape index (κ1) is 17.8. The van der Waals surface area contributed by atoms with Crippen LogP contribution >= 0.6 is 0 Å². The van der Waals surface area contributed by atoms with Gasteiger partial charge in [0.2, 0.25) is 5.91 Å². The number of aryl methyl sites for hydroxylation is 1. The van der Waals surface area contributed by atoms with Gasteiger partial charge in [0.25, 0.3) is 0 Å². The van der Waals surface area contributed by atoms with Crippen LogP contribution in [-0.2, 0) is 11.3 Å². The number of hydrogen-bond acceptors (Lipinski definition) is 3. The van der Waals surface area contributed by atoms with Gasteiger partial charge in [0.05, 0.1) is 12.8 Å². The Morgan fingerprint density at radius 3 is 2.71 bits per heavy atom. The summed E-state index contributed by atoms with van der Waals surface area (Å²) in [5, 5.41) is 3.19. The lowest BCUT2D eigenvalue weighted by molar-refractivity contribution is -0.130. The highest BCUT2D eigenvalue weighted by Gasteiger charge is 2.19. The highest BCUT2D eigenvalue weighted by atomic mass is 19.1. The van der Waals surface area contributed by atoms with Gasteiger partial charge in [-0.1, -0.05) is 18.2 Å². The Morgan fingerprint density at radius 2 is 2.04 bits per heavy atom. The second-order valence-corrected chi connectivity index (χ2v) is 5.89. The summed E-state index contributed by atoms with van der Waals surface area (Å²) in [7, 11) is 3.30. The lowest BCUT2D eigenvalue weighted by Gasteiger charge is -2.23. The highest BCUT2D eigenvalue weighted by molar-refractivity contribution is 5.84. The predicted molar refractivity (Wildman–Crippen MR) is 93.7 cm³/mol. The lowest BCUT2D eigenvalue weighted by Crippen LogP contribution is -2.38. The van der Waals surface area contributed by atoms with E-state index in [1.807, 2.05) is 25.1 Å². The Morgan fingerprint density at radius 1 is 1.29 bits per heavy atom. The average molecular weight is 330 g/mol. The fourth-order valence-electron chi connectivity index (χ4n) is 2.55. The number of ether oxygens (including phenoxy) is 1. The molecule has 0 saturated carbocycles. The van der Waals surface area contributed by atoms with Crippen molar-refractivity contribution >= 4 is 11.6 Å². The normalized spacial score (nSPS) is 11.7. The molecule has 0 aromatic heterocycles. The Balaban J connectivity index is 2.05. The van der Waals surface area contributed by atoms with Gasteiger partial charge < -0.3 is 15.0 Å². The van der Waals surface area contributed by atoms with E-state index in [9.17, 15) is 9.18 Å². The van der Waals surface area contributed by atoms with Gasteiger partial charge in [0, 0.05) is 13.6 Å². The minimum Gasteiger partial charge on any atom is -0.495 e. The average Bonchev–Trinajstić information content (AvgIpc) is 2.54. The Hall–Kier alpha value is -2.56. The van der Waals surface area contributed by atoms with Crippen molar-refractivity contribution in [3.05, 3.63) is 59.4 Å². The van der Waals surface area contributed by atoms with E-state index < -0.39 is 6.04 Å². The van der Waals surface area contributed by atoms with Gasteiger partial charge in [-0.3, -0.25) is 4.79 Å². The number of carbonyl (C=O) groups excluding carboxylic acids is 1. The molecule has 0 saturated heterocycles. The summed E-state index contributed by atoms with van der Waals surface area (Å²) in [4.78, 5) is 14.1. The third-order valence-electron chi connectivity index (χ3n) is 3.78. The van der Waals surface area contributed by atoms with Crippen molar-refractivity contribution in [1.82, 2.24) is 4.90 Å². The molecule has 0 spiro atoms. The van der Waals surface area contributed by atoms with Crippen LogP contribution in [0.4, 0.5) is 10.1 Å². The number of nitrogens with zero attached hydrogens (tertiary/aromatic N) is 1. The molecule has 5 heteroatoms. The van der Waals surface area contributed by atoms with Crippen molar-refractivity contribution in [1.29, 1.82) is 0 Å². The molecule has 0 bridgehead atoms. The SMILES string of the molecule is COc1ccc(C)cc1NC(C)C(=O)N(C)Cc1cccc(F)c1. The Bertz CT molecular complexity index is 718. The van der Waals surface area contributed by atoms with Crippen LogP contribution < -0.4 is 10.1 Å². The van der Waals surface area contributed by atoms with Crippen molar-refractivity contribution in [3.8, 4) is 5.75 Å². The molecule has 1 unspecified atom stereocenters. The van der Waals surface area contributed by atoms with Crippen LogP contribution in [0.2, 0.25) is 0 Å². The fourth-order valence-corrected chi connectivity index (χ4v) is 2.55. The summed E-state index contributed by atoms with van der Waals surface area (Å²) >= 11 is 0. The maximum absolute atomic E-state index is 13.3. The molecule has 24 heavy (non-hydrogen) atoms. The van der Waals surface area contributed by atoms with Crippen LogP contribution in [0.5, 0.6) is 5.75 Å². The van der Waals surface area contributed by atoms with Crippen molar-refractivity contribution in [3.63, 3.8) is 0 Å². The summed E-state index contributed by atoms with van der Waals surface area (Å²) in [6, 6.07) is 11.6. The van der Waals surface area contributed by atoms with Gasteiger partial charge in [0.1, 0.15) is 17.6 Å². The van der Waals surface area contributed by atoms with Gasteiger partial charge in [-0.05, 0) is 49.2 Å². The Labute approximate surface area is 142 Å². The Kier molecular flexibility index (Phi) is 5.79. The lowest BCUT2D eigenvalue weighted by atomic mass is 10.1. The number of benzene rings is 2. The van der Waals surface area contributed by atoms with E-state index in [2.05, 4.69) is 5.32 Å². The van der Waals surface area contributed by atoms with Crippen LogP contribution in [0.25, 0.3) is 0 Å². The molecule has 1 N–H and O–H groups in total. The summed E-state index contributed by atoms with van der Waals surface area (Å²) in [5.74, 6) is 0.305. The summed E-state index contributed by atoms with van der Waals surface area (Å²) < 4.78 is 18.6. The third kappa shape index (κ3) is 4.47. The van der Waals surface area contributed by atoms with E-state index in [-0.39, 0.29) is 11.7 Å². The van der Waals surface area contributed by atoms with E-state index in [1.54, 1.807) is 38.1 Å². The second kappa shape index (κ2) is 7.81. The molecule has 2 rings (SSSR count). The molecule has 4 nitrogen and oxygen atoms in total. The van der Waals surface area contributed by atoms with E-state index in [0.717, 1.165) is 16.8 Å². The molecular weight excluding hydrogens is 307 g/mol. The number of anilines is 1. The minimum absolute atomic E-state index is 0.0807. The highest BCUT2D eigenvalue weighted by Crippen LogP contribution is 2.26. The number of amides is 1. The van der Waals surface area contributed by atoms with E-state index in [4.69, 9.17) is 4.74 Å². The number of methoxy groups -OCH3 is 1. The molecule has 0 radical (unpaired) electrons. The van der Waals surface area contributed by atoms with Crippen molar-refractivity contribution in [2.45, 2.75) is 26.4 Å². The smallest absolute Gasteiger partial charge is 0.244 e. The fraction of sp³-hybridized carbons (Fsp3) is 0.316. The third-order valence-corrected chi connectivity index (χ3v) is 3.78. The van der Waals surface area contributed by atoms with Crippen LogP contribution in [-0.4, -0.2) is 31.0 Å². The van der Waals surface area contributed by atoms with E-state index in [1.165, 1.54) is 12.1 Å². The first-order valence-electron chi connectivity index (χ1n) is 7.81. The second-order valence-electron chi connectivity index (χ2n) is 5.89. The molecule has 128 valence electrons. The monoisotopic (exact) mass is 330 g/mol. The number of carbonyl (C=O) groups is 1. The van der Waals surface area contributed by atoms with Gasteiger partial charge in [-0.15, -0.1) is 0 Å². The molecule has 0 aliphatic rings. The van der Waals surface area contributed by atoms with Gasteiger partial charge in [-0.2, -0.15) is 0 Å². The largest absolute Gasteiger partial charge is 0.495 e. The van der Waals surface area contributed by atoms with E-state index >= 15 is 0 Å². The molecule has 1 amide bonds. The van der Waals surface area contributed by atoms with Crippen LogP contribution in [0.15, 0.2) is 42.5 Å². The number of halogens is 1. The molecule has 0 aliphatic heterocycles. The zero-order valence-corrected chi connectivity index (χ0v) is 14.5.